The average molecular weight is 476 g/mol. The van der Waals surface area contributed by atoms with Crippen LogP contribution in [0, 0.1) is 0 Å². The van der Waals surface area contributed by atoms with Crippen LogP contribution in [0.15, 0.2) is 70.3 Å². The second-order valence-corrected chi connectivity index (χ2v) is 9.32. The third-order valence-corrected chi connectivity index (χ3v) is 7.45. The maximum Gasteiger partial charge on any atom is 0.349 e. The van der Waals surface area contributed by atoms with E-state index in [0.29, 0.717) is 16.8 Å². The van der Waals surface area contributed by atoms with Crippen LogP contribution in [0.1, 0.15) is 32.8 Å². The number of esters is 1. The van der Waals surface area contributed by atoms with Crippen molar-refractivity contribution in [2.75, 3.05) is 0 Å². The first-order valence-electron chi connectivity index (χ1n) is 10.7. The number of aromatic nitrogens is 2. The number of aryl methyl sites for hydroxylation is 2. The molecule has 2 heterocycles. The van der Waals surface area contributed by atoms with E-state index in [0.717, 1.165) is 27.0 Å². The molecule has 5 rings (SSSR count). The monoisotopic (exact) mass is 475 g/mol. The van der Waals surface area contributed by atoms with Crippen molar-refractivity contribution >= 4 is 33.4 Å². The fraction of sp³-hybridized carbons (Fsp3) is 0.200. The average Bonchev–Trinajstić information content (AvgIpc) is 3.45. The quantitative estimate of drug-likeness (QED) is 0.445. The van der Waals surface area contributed by atoms with Gasteiger partial charge in [0.2, 0.25) is 5.60 Å². The number of rotatable bonds is 5. The van der Waals surface area contributed by atoms with E-state index in [1.807, 2.05) is 42.5 Å². The molecule has 2 N–H and O–H groups in total. The molecule has 1 aliphatic rings. The van der Waals surface area contributed by atoms with Gasteiger partial charge < -0.3 is 10.5 Å². The molecule has 0 bridgehead atoms. The Kier molecular flexibility index (Phi) is 5.21. The lowest BCUT2D eigenvalue weighted by Gasteiger charge is -2.26. The van der Waals surface area contributed by atoms with Crippen molar-refractivity contribution in [2.45, 2.75) is 25.0 Å². The third kappa shape index (κ3) is 3.36. The summed E-state index contributed by atoms with van der Waals surface area (Å²) >= 11 is 0.973. The number of hydrogen-bond acceptors (Lipinski definition) is 6. The number of benzene rings is 2. The van der Waals surface area contributed by atoms with Crippen molar-refractivity contribution < 1.29 is 14.3 Å². The lowest BCUT2D eigenvalue weighted by molar-refractivity contribution is -0.138. The minimum Gasteiger partial charge on any atom is -0.440 e. The van der Waals surface area contributed by atoms with Gasteiger partial charge in [0.05, 0.1) is 11.9 Å². The molecule has 2 aromatic carbocycles. The summed E-state index contributed by atoms with van der Waals surface area (Å²) < 4.78 is 8.22. The number of carbonyl (C=O) groups excluding carboxylic acids is 2. The van der Waals surface area contributed by atoms with E-state index in [-0.39, 0.29) is 23.2 Å². The molecule has 34 heavy (non-hydrogen) atoms. The van der Waals surface area contributed by atoms with Crippen molar-refractivity contribution in [3.05, 3.63) is 103 Å². The summed E-state index contributed by atoms with van der Waals surface area (Å²) in [5, 5.41) is 0.231. The van der Waals surface area contributed by atoms with Crippen molar-refractivity contribution in [1.82, 2.24) is 9.13 Å². The molecule has 8 nitrogen and oxygen atoms in total. The Balaban J connectivity index is 1.55. The van der Waals surface area contributed by atoms with Gasteiger partial charge in [-0.05, 0) is 23.6 Å². The zero-order chi connectivity index (χ0) is 24.0. The van der Waals surface area contributed by atoms with Crippen molar-refractivity contribution in [1.29, 1.82) is 0 Å². The molecule has 172 valence electrons. The summed E-state index contributed by atoms with van der Waals surface area (Å²) in [4.78, 5) is 52.1. The molecular formula is C25H21N3O5S. The SMILES string of the molecule is Cn1c(=O)n(Cc2ccccc2)c(=O)c2cc(C(=O)OC3(C(N)=O)CCc4ccccc43)sc21. The van der Waals surface area contributed by atoms with E-state index < -0.39 is 28.7 Å². The molecule has 0 saturated carbocycles. The second kappa shape index (κ2) is 8.11. The minimum absolute atomic E-state index is 0.111. The van der Waals surface area contributed by atoms with E-state index in [1.165, 1.54) is 10.6 Å². The van der Waals surface area contributed by atoms with Crippen LogP contribution in [0.25, 0.3) is 10.2 Å². The molecule has 0 radical (unpaired) electrons. The third-order valence-electron chi connectivity index (χ3n) is 6.26. The van der Waals surface area contributed by atoms with Gasteiger partial charge in [0.1, 0.15) is 9.71 Å². The van der Waals surface area contributed by atoms with E-state index in [1.54, 1.807) is 19.2 Å². The van der Waals surface area contributed by atoms with Gasteiger partial charge in [-0.1, -0.05) is 54.6 Å². The summed E-state index contributed by atoms with van der Waals surface area (Å²) in [5.74, 6) is -1.51. The van der Waals surface area contributed by atoms with Crippen LogP contribution < -0.4 is 17.0 Å². The lowest BCUT2D eigenvalue weighted by Crippen LogP contribution is -2.43. The molecule has 2 aromatic heterocycles. The highest BCUT2D eigenvalue weighted by molar-refractivity contribution is 7.20. The van der Waals surface area contributed by atoms with Crippen LogP contribution in [0.4, 0.5) is 0 Å². The van der Waals surface area contributed by atoms with Gasteiger partial charge in [-0.15, -0.1) is 11.3 Å². The molecular weight excluding hydrogens is 454 g/mol. The number of thiophene rings is 1. The second-order valence-electron chi connectivity index (χ2n) is 8.29. The van der Waals surface area contributed by atoms with Crippen molar-refractivity contribution in [2.24, 2.45) is 12.8 Å². The molecule has 1 amide bonds. The van der Waals surface area contributed by atoms with Crippen LogP contribution in [0.5, 0.6) is 0 Å². The standard InChI is InChI=1S/C25H21N3O5S/c1-27-21-17(20(29)28(24(27)32)14-15-7-3-2-4-8-15)13-19(34-21)22(30)33-25(23(26)31)12-11-16-9-5-6-10-18(16)25/h2-10,13H,11-12,14H2,1H3,(H2,26,31). The number of nitrogens with zero attached hydrogens (tertiary/aromatic N) is 2. The van der Waals surface area contributed by atoms with Crippen molar-refractivity contribution in [3.8, 4) is 0 Å². The highest BCUT2D eigenvalue weighted by atomic mass is 32.1. The molecule has 4 aromatic rings. The van der Waals surface area contributed by atoms with E-state index in [4.69, 9.17) is 10.5 Å². The highest BCUT2D eigenvalue weighted by Gasteiger charge is 2.48. The molecule has 1 aliphatic carbocycles. The number of primary amides is 1. The Morgan fingerprint density at radius 2 is 1.79 bits per heavy atom. The highest BCUT2D eigenvalue weighted by Crippen LogP contribution is 2.41. The minimum atomic E-state index is -1.57. The Labute approximate surface area is 197 Å². The molecule has 0 spiro atoms. The predicted molar refractivity (Wildman–Crippen MR) is 128 cm³/mol. The topological polar surface area (TPSA) is 113 Å². The van der Waals surface area contributed by atoms with Gasteiger partial charge in [0, 0.05) is 19.0 Å². The first-order valence-corrected chi connectivity index (χ1v) is 11.5. The van der Waals surface area contributed by atoms with Gasteiger partial charge in [-0.3, -0.25) is 18.7 Å². The number of hydrogen-bond donors (Lipinski definition) is 1. The van der Waals surface area contributed by atoms with Gasteiger partial charge in [0.15, 0.2) is 0 Å². The number of fused-ring (bicyclic) bond motifs is 2. The summed E-state index contributed by atoms with van der Waals surface area (Å²) in [5.41, 5.74) is 5.44. The predicted octanol–water partition coefficient (Wildman–Crippen LogP) is 2.29. The van der Waals surface area contributed by atoms with E-state index >= 15 is 0 Å². The molecule has 0 saturated heterocycles. The maximum absolute atomic E-state index is 13.2. The van der Waals surface area contributed by atoms with E-state index in [9.17, 15) is 19.2 Å². The Hall–Kier alpha value is -3.98. The lowest BCUT2D eigenvalue weighted by atomic mass is 9.95. The fourth-order valence-corrected chi connectivity index (χ4v) is 5.47. The van der Waals surface area contributed by atoms with Crippen LogP contribution in [0.2, 0.25) is 0 Å². The molecule has 0 fully saturated rings. The zero-order valence-corrected chi connectivity index (χ0v) is 19.1. The van der Waals surface area contributed by atoms with Crippen LogP contribution in [0.3, 0.4) is 0 Å². The first kappa shape index (κ1) is 21.8. The summed E-state index contributed by atoms with van der Waals surface area (Å²) in [6.07, 6.45) is 0.804. The largest absolute Gasteiger partial charge is 0.440 e. The van der Waals surface area contributed by atoms with Crippen LogP contribution >= 0.6 is 11.3 Å². The Morgan fingerprint density at radius 1 is 1.09 bits per heavy atom. The zero-order valence-electron chi connectivity index (χ0n) is 18.3. The maximum atomic E-state index is 13.2. The van der Waals surface area contributed by atoms with Gasteiger partial charge in [0.25, 0.3) is 11.5 Å². The Morgan fingerprint density at radius 3 is 2.53 bits per heavy atom. The number of nitrogens with two attached hydrogens (primary N) is 1. The van der Waals surface area contributed by atoms with Crippen molar-refractivity contribution in [3.63, 3.8) is 0 Å². The summed E-state index contributed by atoms with van der Waals surface area (Å²) in [6, 6.07) is 17.8. The van der Waals surface area contributed by atoms with Gasteiger partial charge in [-0.2, -0.15) is 0 Å². The number of amides is 1. The Bertz CT molecular complexity index is 1570. The summed E-state index contributed by atoms with van der Waals surface area (Å²) in [7, 11) is 1.55. The number of ether oxygens (including phenoxy) is 1. The summed E-state index contributed by atoms with van der Waals surface area (Å²) in [6.45, 7) is 0.111. The normalized spacial score (nSPS) is 17.0. The van der Waals surface area contributed by atoms with Crippen LogP contribution in [-0.4, -0.2) is 21.0 Å². The first-order chi connectivity index (χ1) is 16.3. The molecule has 1 unspecified atom stereocenters. The fourth-order valence-electron chi connectivity index (χ4n) is 4.49. The smallest absolute Gasteiger partial charge is 0.349 e. The number of carbonyl (C=O) groups is 2. The van der Waals surface area contributed by atoms with E-state index in [2.05, 4.69) is 0 Å². The van der Waals surface area contributed by atoms with Gasteiger partial charge in [-0.25, -0.2) is 9.59 Å². The molecule has 0 aliphatic heterocycles. The molecule has 1 atom stereocenters. The van der Waals surface area contributed by atoms with Gasteiger partial charge >= 0.3 is 11.7 Å². The molecule has 9 heteroatoms. The van der Waals surface area contributed by atoms with Crippen LogP contribution in [-0.2, 0) is 35.1 Å².